The van der Waals surface area contributed by atoms with Gasteiger partial charge in [0.1, 0.15) is 5.78 Å². The first-order valence-electron chi connectivity index (χ1n) is 2.80. The Morgan fingerprint density at radius 2 is 2.11 bits per heavy atom. The van der Waals surface area contributed by atoms with Crippen LogP contribution in [-0.2, 0) is 9.59 Å². The van der Waals surface area contributed by atoms with Gasteiger partial charge < -0.3 is 5.11 Å². The zero-order valence-electron chi connectivity index (χ0n) is 5.18. The molecule has 50 valence electrons. The highest BCUT2D eigenvalue weighted by Gasteiger charge is 2.45. The molecule has 0 aromatic heterocycles. The molecule has 1 fully saturated rings. The van der Waals surface area contributed by atoms with Gasteiger partial charge in [-0.3, -0.25) is 9.59 Å². The molecule has 0 bridgehead atoms. The van der Waals surface area contributed by atoms with Crippen molar-refractivity contribution >= 4 is 11.8 Å². The van der Waals surface area contributed by atoms with Crippen molar-refractivity contribution < 1.29 is 14.7 Å². The van der Waals surface area contributed by atoms with Crippen molar-refractivity contribution in [3.05, 3.63) is 0 Å². The van der Waals surface area contributed by atoms with E-state index in [1.54, 1.807) is 6.92 Å². The van der Waals surface area contributed by atoms with E-state index in [1.807, 2.05) is 0 Å². The van der Waals surface area contributed by atoms with E-state index in [0.29, 0.717) is 0 Å². The van der Waals surface area contributed by atoms with E-state index < -0.39 is 11.4 Å². The van der Waals surface area contributed by atoms with Crippen LogP contribution in [0.5, 0.6) is 0 Å². The monoisotopic (exact) mass is 128 g/mol. The van der Waals surface area contributed by atoms with Gasteiger partial charge in [-0.2, -0.15) is 0 Å². The summed E-state index contributed by atoms with van der Waals surface area (Å²) >= 11 is 0. The highest BCUT2D eigenvalue weighted by atomic mass is 16.4. The van der Waals surface area contributed by atoms with E-state index in [4.69, 9.17) is 5.11 Å². The number of carboxylic acids is 1. The Labute approximate surface area is 52.7 Å². The third kappa shape index (κ3) is 0.823. The first-order chi connectivity index (χ1) is 4.04. The minimum absolute atomic E-state index is 0.0555. The van der Waals surface area contributed by atoms with Gasteiger partial charge in [-0.05, 0) is 6.92 Å². The lowest BCUT2D eigenvalue weighted by Crippen LogP contribution is -2.41. The van der Waals surface area contributed by atoms with Gasteiger partial charge in [0.05, 0.1) is 5.41 Å². The predicted octanol–water partition coefficient (Wildman–Crippen LogP) is 0.440. The molecular formula is C6H8O3. The number of Topliss-reactive ketones (excluding diaryl/α,β-unsaturated/α-hetero) is 1. The van der Waals surface area contributed by atoms with Crippen LogP contribution in [0.15, 0.2) is 0 Å². The fourth-order valence-corrected chi connectivity index (χ4v) is 0.970. The van der Waals surface area contributed by atoms with Crippen molar-refractivity contribution in [3.63, 3.8) is 0 Å². The number of ketones is 1. The fraction of sp³-hybridized carbons (Fsp3) is 0.667. The molecule has 0 aromatic rings. The molecule has 1 saturated carbocycles. The largest absolute Gasteiger partial charge is 0.481 e. The van der Waals surface area contributed by atoms with Crippen LogP contribution in [0, 0.1) is 5.41 Å². The lowest BCUT2D eigenvalue weighted by atomic mass is 9.70. The number of hydrogen-bond donors (Lipinski definition) is 1. The Bertz CT molecular complexity index is 163. The average molecular weight is 128 g/mol. The predicted molar refractivity (Wildman–Crippen MR) is 30.0 cm³/mol. The second-order valence-electron chi connectivity index (χ2n) is 2.76. The van der Waals surface area contributed by atoms with Crippen LogP contribution in [-0.4, -0.2) is 16.9 Å². The van der Waals surface area contributed by atoms with Gasteiger partial charge >= 0.3 is 5.97 Å². The first kappa shape index (κ1) is 6.26. The molecule has 0 saturated heterocycles. The summed E-state index contributed by atoms with van der Waals surface area (Å²) < 4.78 is 0. The molecule has 0 atom stereocenters. The zero-order chi connectivity index (χ0) is 7.07. The highest BCUT2D eigenvalue weighted by molar-refractivity contribution is 5.96. The maximum atomic E-state index is 10.4. The third-order valence-electron chi connectivity index (χ3n) is 1.69. The summed E-state index contributed by atoms with van der Waals surface area (Å²) in [7, 11) is 0. The van der Waals surface area contributed by atoms with Crippen molar-refractivity contribution in [1.82, 2.24) is 0 Å². The molecule has 0 aliphatic heterocycles. The second-order valence-corrected chi connectivity index (χ2v) is 2.76. The number of carbonyl (C=O) groups excluding carboxylic acids is 1. The van der Waals surface area contributed by atoms with Crippen LogP contribution < -0.4 is 0 Å². The summed E-state index contributed by atoms with van der Waals surface area (Å²) in [5.41, 5.74) is -0.739. The molecule has 3 heteroatoms. The lowest BCUT2D eigenvalue weighted by molar-refractivity contribution is -0.158. The maximum Gasteiger partial charge on any atom is 0.310 e. The van der Waals surface area contributed by atoms with E-state index in [1.165, 1.54) is 0 Å². The molecule has 1 rings (SSSR count). The summed E-state index contributed by atoms with van der Waals surface area (Å²) in [6.07, 6.45) is 0.421. The molecule has 0 spiro atoms. The van der Waals surface area contributed by atoms with Crippen LogP contribution in [0.3, 0.4) is 0 Å². The summed E-state index contributed by atoms with van der Waals surface area (Å²) in [5, 5.41) is 8.46. The lowest BCUT2D eigenvalue weighted by Gasteiger charge is -2.31. The second kappa shape index (κ2) is 1.56. The van der Waals surface area contributed by atoms with Crippen molar-refractivity contribution in [3.8, 4) is 0 Å². The number of hydrogen-bond acceptors (Lipinski definition) is 2. The Balaban J connectivity index is 2.60. The van der Waals surface area contributed by atoms with E-state index in [2.05, 4.69) is 0 Å². The van der Waals surface area contributed by atoms with Gasteiger partial charge in [-0.25, -0.2) is 0 Å². The van der Waals surface area contributed by atoms with Crippen molar-refractivity contribution in [2.24, 2.45) is 5.41 Å². The Morgan fingerprint density at radius 1 is 1.67 bits per heavy atom. The van der Waals surface area contributed by atoms with Crippen LogP contribution in [0.4, 0.5) is 0 Å². The minimum atomic E-state index is -0.859. The van der Waals surface area contributed by atoms with Crippen molar-refractivity contribution in [1.29, 1.82) is 0 Å². The summed E-state index contributed by atoms with van der Waals surface area (Å²) in [6, 6.07) is 0. The Hall–Kier alpha value is -0.860. The molecule has 0 amide bonds. The maximum absolute atomic E-state index is 10.4. The van der Waals surface area contributed by atoms with Gasteiger partial charge in [-0.1, -0.05) is 0 Å². The standard InChI is InChI=1S/C6H8O3/c1-6(5(8)9)2-4(7)3-6/h2-3H2,1H3,(H,8,9). The third-order valence-corrected chi connectivity index (χ3v) is 1.69. The van der Waals surface area contributed by atoms with Crippen LogP contribution in [0.25, 0.3) is 0 Å². The normalized spacial score (nSPS) is 23.0. The molecule has 0 unspecified atom stereocenters. The molecule has 1 N–H and O–H groups in total. The highest BCUT2D eigenvalue weighted by Crippen LogP contribution is 2.37. The van der Waals surface area contributed by atoms with Gasteiger partial charge in [0, 0.05) is 12.8 Å². The van der Waals surface area contributed by atoms with Gasteiger partial charge in [0.2, 0.25) is 0 Å². The molecular weight excluding hydrogens is 120 g/mol. The minimum Gasteiger partial charge on any atom is -0.481 e. The number of carboxylic acid groups (broad SMARTS) is 1. The van der Waals surface area contributed by atoms with Gasteiger partial charge in [0.15, 0.2) is 0 Å². The topological polar surface area (TPSA) is 54.4 Å². The van der Waals surface area contributed by atoms with E-state index in [-0.39, 0.29) is 18.6 Å². The van der Waals surface area contributed by atoms with Gasteiger partial charge in [-0.15, -0.1) is 0 Å². The Morgan fingerprint density at radius 3 is 2.22 bits per heavy atom. The SMILES string of the molecule is CC1(C(=O)O)CC(=O)C1. The smallest absolute Gasteiger partial charge is 0.310 e. The van der Waals surface area contributed by atoms with Crippen molar-refractivity contribution in [2.45, 2.75) is 19.8 Å². The molecule has 0 heterocycles. The number of aliphatic carboxylic acids is 1. The molecule has 0 aromatic carbocycles. The number of rotatable bonds is 1. The molecule has 1 aliphatic carbocycles. The first-order valence-corrected chi connectivity index (χ1v) is 2.80. The van der Waals surface area contributed by atoms with E-state index in [9.17, 15) is 9.59 Å². The molecule has 1 aliphatic rings. The Kier molecular flexibility index (Phi) is 1.08. The zero-order valence-corrected chi connectivity index (χ0v) is 5.18. The molecule has 3 nitrogen and oxygen atoms in total. The average Bonchev–Trinajstić information content (AvgIpc) is 1.62. The van der Waals surface area contributed by atoms with E-state index >= 15 is 0 Å². The van der Waals surface area contributed by atoms with Crippen LogP contribution in [0.2, 0.25) is 0 Å². The molecule has 0 radical (unpaired) electrons. The number of carbonyl (C=O) groups is 2. The van der Waals surface area contributed by atoms with Gasteiger partial charge in [0.25, 0.3) is 0 Å². The van der Waals surface area contributed by atoms with Crippen molar-refractivity contribution in [2.75, 3.05) is 0 Å². The van der Waals surface area contributed by atoms with Crippen LogP contribution in [0.1, 0.15) is 19.8 Å². The summed E-state index contributed by atoms with van der Waals surface area (Å²) in [4.78, 5) is 20.7. The summed E-state index contributed by atoms with van der Waals surface area (Å²) in [5.74, 6) is -0.804. The fourth-order valence-electron chi connectivity index (χ4n) is 0.970. The quantitative estimate of drug-likeness (QED) is 0.557. The summed E-state index contributed by atoms with van der Waals surface area (Å²) in [6.45, 7) is 1.59. The van der Waals surface area contributed by atoms with E-state index in [0.717, 1.165) is 0 Å². The van der Waals surface area contributed by atoms with Crippen LogP contribution >= 0.6 is 0 Å². The molecule has 9 heavy (non-hydrogen) atoms.